The first-order valence-electron chi connectivity index (χ1n) is 4.16. The predicted octanol–water partition coefficient (Wildman–Crippen LogP) is 2.22. The predicted molar refractivity (Wildman–Crippen MR) is 54.5 cm³/mol. The van der Waals surface area contributed by atoms with Crippen LogP contribution in [0.5, 0.6) is 0 Å². The van der Waals surface area contributed by atoms with E-state index in [0.29, 0.717) is 0 Å². The molecule has 0 aliphatic carbocycles. The normalized spacial score (nSPS) is 11.0. The summed E-state index contributed by atoms with van der Waals surface area (Å²) >= 11 is 0. The Morgan fingerprint density at radius 2 is 1.75 bits per heavy atom. The smallest absolute Gasteiger partial charge is 0.0230 e. The number of hydrogen-bond acceptors (Lipinski definition) is 2. The van der Waals surface area contributed by atoms with E-state index in [1.165, 1.54) is 5.57 Å². The molecule has 2 heteroatoms. The molecule has 0 aromatic rings. The van der Waals surface area contributed by atoms with Gasteiger partial charge in [-0.3, -0.25) is 0 Å². The molecule has 0 spiro atoms. The fourth-order valence-corrected chi connectivity index (χ4v) is 0.744. The van der Waals surface area contributed by atoms with Gasteiger partial charge in [0.1, 0.15) is 0 Å². The average Bonchev–Trinajstić information content (AvgIpc) is 1.85. The molecule has 0 fully saturated rings. The highest BCUT2D eigenvalue weighted by Gasteiger charge is 2.14. The largest absolute Gasteiger partial charge is 0.326 e. The van der Waals surface area contributed by atoms with Gasteiger partial charge in [0.2, 0.25) is 0 Å². The molecule has 0 unspecified atom stereocenters. The van der Waals surface area contributed by atoms with Crippen LogP contribution in [0.4, 0.5) is 0 Å². The molecular weight excluding hydrogens is 148 g/mol. The Hall–Kier alpha value is -0.760. The minimum atomic E-state index is 0.165. The quantitative estimate of drug-likeness (QED) is 0.497. The van der Waals surface area contributed by atoms with E-state index in [1.54, 1.807) is 0 Å². The first kappa shape index (κ1) is 11.2. The first-order valence-corrected chi connectivity index (χ1v) is 4.16. The van der Waals surface area contributed by atoms with Gasteiger partial charge in [0.05, 0.1) is 0 Å². The molecule has 2 nitrogen and oxygen atoms in total. The average molecular weight is 168 g/mol. The van der Waals surface area contributed by atoms with Gasteiger partial charge in [-0.15, -0.1) is 0 Å². The Morgan fingerprint density at radius 1 is 1.25 bits per heavy atom. The maximum Gasteiger partial charge on any atom is 0.0230 e. The summed E-state index contributed by atoms with van der Waals surface area (Å²) < 4.78 is 0. The topological polar surface area (TPSA) is 24.1 Å². The van der Waals surface area contributed by atoms with E-state index in [0.717, 1.165) is 12.1 Å². The molecule has 0 aromatic carbocycles. The molecule has 0 aliphatic heterocycles. The third-order valence-corrected chi connectivity index (χ3v) is 1.79. The molecular formula is C10H20N2. The molecule has 0 bridgehead atoms. The van der Waals surface area contributed by atoms with Gasteiger partial charge >= 0.3 is 0 Å². The van der Waals surface area contributed by atoms with Gasteiger partial charge in [0, 0.05) is 19.2 Å². The van der Waals surface area contributed by atoms with Gasteiger partial charge in [-0.25, -0.2) is 5.43 Å². The van der Waals surface area contributed by atoms with Crippen LogP contribution in [0.3, 0.4) is 0 Å². The Bertz CT molecular complexity index is 175. The van der Waals surface area contributed by atoms with Crippen molar-refractivity contribution in [2.24, 2.45) is 5.41 Å². The van der Waals surface area contributed by atoms with Gasteiger partial charge in [-0.2, -0.15) is 0 Å². The summed E-state index contributed by atoms with van der Waals surface area (Å²) in [5.41, 5.74) is 8.09. The van der Waals surface area contributed by atoms with E-state index in [1.807, 2.05) is 7.05 Å². The maximum absolute atomic E-state index is 4.02. The van der Waals surface area contributed by atoms with Gasteiger partial charge in [0.25, 0.3) is 0 Å². The molecule has 0 rings (SSSR count). The lowest BCUT2D eigenvalue weighted by Crippen LogP contribution is -2.27. The molecule has 0 aromatic heterocycles. The molecule has 0 aliphatic rings. The molecule has 12 heavy (non-hydrogen) atoms. The summed E-state index contributed by atoms with van der Waals surface area (Å²) in [6.07, 6.45) is 0.824. The van der Waals surface area contributed by atoms with Gasteiger partial charge in [0.15, 0.2) is 0 Å². The van der Waals surface area contributed by atoms with Crippen LogP contribution in [-0.2, 0) is 0 Å². The third-order valence-electron chi connectivity index (χ3n) is 1.79. The SMILES string of the molecule is C=C(CC(=C)C(C)(C)C)NNC. The molecule has 2 N–H and O–H groups in total. The number of hydrazine groups is 1. The monoisotopic (exact) mass is 168 g/mol. The van der Waals surface area contributed by atoms with Crippen LogP contribution in [0.1, 0.15) is 27.2 Å². The van der Waals surface area contributed by atoms with Crippen molar-refractivity contribution in [1.29, 1.82) is 0 Å². The minimum absolute atomic E-state index is 0.165. The lowest BCUT2D eigenvalue weighted by molar-refractivity contribution is 0.486. The highest BCUT2D eigenvalue weighted by molar-refractivity contribution is 5.13. The van der Waals surface area contributed by atoms with Crippen molar-refractivity contribution in [2.75, 3.05) is 7.05 Å². The van der Waals surface area contributed by atoms with Gasteiger partial charge in [-0.05, 0) is 5.41 Å². The summed E-state index contributed by atoms with van der Waals surface area (Å²) in [6, 6.07) is 0. The van der Waals surface area contributed by atoms with Crippen molar-refractivity contribution < 1.29 is 0 Å². The Kier molecular flexibility index (Phi) is 4.04. The van der Waals surface area contributed by atoms with Gasteiger partial charge in [-0.1, -0.05) is 39.5 Å². The summed E-state index contributed by atoms with van der Waals surface area (Å²) in [5, 5.41) is 0. The standard InChI is InChI=1S/C10H20N2/c1-8(10(3,4)5)7-9(2)12-11-6/h11-12H,1-2,7H2,3-6H3. The van der Waals surface area contributed by atoms with Crippen molar-refractivity contribution in [3.05, 3.63) is 24.4 Å². The molecule has 0 heterocycles. The fraction of sp³-hybridized carbons (Fsp3) is 0.600. The van der Waals surface area contributed by atoms with E-state index < -0.39 is 0 Å². The second-order valence-electron chi connectivity index (χ2n) is 4.01. The summed E-state index contributed by atoms with van der Waals surface area (Å²) in [6.45, 7) is 14.3. The van der Waals surface area contributed by atoms with E-state index >= 15 is 0 Å². The molecule has 0 atom stereocenters. The fourth-order valence-electron chi connectivity index (χ4n) is 0.744. The van der Waals surface area contributed by atoms with Crippen LogP contribution in [0.2, 0.25) is 0 Å². The first-order chi connectivity index (χ1) is 5.38. The van der Waals surface area contributed by atoms with E-state index in [9.17, 15) is 0 Å². The Morgan fingerprint density at radius 3 is 2.08 bits per heavy atom. The molecule has 0 radical (unpaired) electrons. The highest BCUT2D eigenvalue weighted by Crippen LogP contribution is 2.27. The van der Waals surface area contributed by atoms with Crippen LogP contribution in [0.25, 0.3) is 0 Å². The van der Waals surface area contributed by atoms with E-state index in [2.05, 4.69) is 44.8 Å². The second-order valence-corrected chi connectivity index (χ2v) is 4.01. The summed E-state index contributed by atoms with van der Waals surface area (Å²) in [7, 11) is 1.82. The van der Waals surface area contributed by atoms with Crippen molar-refractivity contribution in [3.8, 4) is 0 Å². The zero-order valence-electron chi connectivity index (χ0n) is 8.62. The van der Waals surface area contributed by atoms with Crippen LogP contribution in [-0.4, -0.2) is 7.05 Å². The zero-order valence-corrected chi connectivity index (χ0v) is 8.62. The van der Waals surface area contributed by atoms with Crippen LogP contribution in [0.15, 0.2) is 24.4 Å². The Labute approximate surface area is 75.7 Å². The number of hydrogen-bond donors (Lipinski definition) is 2. The molecule has 0 saturated heterocycles. The summed E-state index contributed by atoms with van der Waals surface area (Å²) in [4.78, 5) is 0. The zero-order chi connectivity index (χ0) is 9.78. The van der Waals surface area contributed by atoms with Crippen LogP contribution < -0.4 is 10.9 Å². The molecule has 70 valence electrons. The minimum Gasteiger partial charge on any atom is -0.326 e. The number of allylic oxidation sites excluding steroid dienone is 1. The van der Waals surface area contributed by atoms with Crippen molar-refractivity contribution in [1.82, 2.24) is 10.9 Å². The maximum atomic E-state index is 4.02. The lowest BCUT2D eigenvalue weighted by atomic mass is 9.85. The van der Waals surface area contributed by atoms with Crippen molar-refractivity contribution >= 4 is 0 Å². The van der Waals surface area contributed by atoms with Crippen LogP contribution in [0, 0.1) is 5.41 Å². The number of rotatable bonds is 4. The molecule has 0 amide bonds. The van der Waals surface area contributed by atoms with Crippen LogP contribution >= 0.6 is 0 Å². The number of nitrogens with one attached hydrogen (secondary N) is 2. The van der Waals surface area contributed by atoms with Crippen molar-refractivity contribution in [3.63, 3.8) is 0 Å². The van der Waals surface area contributed by atoms with Crippen molar-refractivity contribution in [2.45, 2.75) is 27.2 Å². The van der Waals surface area contributed by atoms with Gasteiger partial charge < -0.3 is 5.43 Å². The Balaban J connectivity index is 3.94. The molecule has 0 saturated carbocycles. The lowest BCUT2D eigenvalue weighted by Gasteiger charge is -2.22. The van der Waals surface area contributed by atoms with E-state index in [4.69, 9.17) is 0 Å². The summed E-state index contributed by atoms with van der Waals surface area (Å²) in [5.74, 6) is 0. The second kappa shape index (κ2) is 4.31. The highest BCUT2D eigenvalue weighted by atomic mass is 15.3. The van der Waals surface area contributed by atoms with E-state index in [-0.39, 0.29) is 5.41 Å². The third kappa shape index (κ3) is 4.19.